The zero-order chi connectivity index (χ0) is 14.5. The van der Waals surface area contributed by atoms with Crippen molar-refractivity contribution in [1.29, 1.82) is 0 Å². The maximum absolute atomic E-state index is 12.5. The normalized spacial score (nSPS) is 10.3. The van der Waals surface area contributed by atoms with Crippen LogP contribution in [0.4, 0.5) is 10.8 Å². The van der Waals surface area contributed by atoms with Gasteiger partial charge in [-0.15, -0.1) is 10.2 Å². The topological polar surface area (TPSA) is 58.1 Å². The number of nitrogens with zero attached hydrogens (tertiary/aromatic N) is 3. The number of hydrogen-bond acceptors (Lipinski definition) is 5. The standard InChI is InChI=1S/C14H18N4OS/c1-4-15-14-17-16-12(20-14)13(19)18(5-2)11-8-6-7-10(3)9-11/h6-9H,4-5H2,1-3H3,(H,15,17). The van der Waals surface area contributed by atoms with E-state index in [1.54, 1.807) is 4.90 Å². The number of aromatic nitrogens is 2. The molecule has 0 saturated heterocycles. The minimum absolute atomic E-state index is 0.111. The highest BCUT2D eigenvalue weighted by Gasteiger charge is 2.20. The van der Waals surface area contributed by atoms with Gasteiger partial charge in [0.2, 0.25) is 10.1 Å². The van der Waals surface area contributed by atoms with Crippen molar-refractivity contribution >= 4 is 28.1 Å². The second-order valence-corrected chi connectivity index (χ2v) is 5.31. The van der Waals surface area contributed by atoms with Crippen molar-refractivity contribution in [2.45, 2.75) is 20.8 Å². The van der Waals surface area contributed by atoms with E-state index in [9.17, 15) is 4.79 Å². The second-order valence-electron chi connectivity index (χ2n) is 4.33. The molecular weight excluding hydrogens is 272 g/mol. The van der Waals surface area contributed by atoms with Crippen LogP contribution in [0.5, 0.6) is 0 Å². The Labute approximate surface area is 122 Å². The van der Waals surface area contributed by atoms with Crippen LogP contribution in [-0.4, -0.2) is 29.2 Å². The Bertz CT molecular complexity index is 596. The van der Waals surface area contributed by atoms with E-state index < -0.39 is 0 Å². The number of aryl methyl sites for hydroxylation is 1. The van der Waals surface area contributed by atoms with Crippen LogP contribution in [-0.2, 0) is 0 Å². The maximum atomic E-state index is 12.5. The first-order valence-corrected chi connectivity index (χ1v) is 7.43. The molecule has 2 aromatic rings. The Balaban J connectivity index is 2.24. The van der Waals surface area contributed by atoms with Gasteiger partial charge in [-0.05, 0) is 38.5 Å². The third-order valence-corrected chi connectivity index (χ3v) is 3.68. The lowest BCUT2D eigenvalue weighted by molar-refractivity contribution is 0.0987. The molecule has 1 amide bonds. The largest absolute Gasteiger partial charge is 0.360 e. The fraction of sp³-hybridized carbons (Fsp3) is 0.357. The molecule has 0 bridgehead atoms. The zero-order valence-corrected chi connectivity index (χ0v) is 12.7. The van der Waals surface area contributed by atoms with Gasteiger partial charge in [-0.25, -0.2) is 0 Å². The second kappa shape index (κ2) is 6.47. The van der Waals surface area contributed by atoms with Gasteiger partial charge in [-0.3, -0.25) is 4.79 Å². The smallest absolute Gasteiger partial charge is 0.289 e. The van der Waals surface area contributed by atoms with E-state index in [-0.39, 0.29) is 5.91 Å². The highest BCUT2D eigenvalue weighted by molar-refractivity contribution is 7.17. The zero-order valence-electron chi connectivity index (χ0n) is 11.9. The van der Waals surface area contributed by atoms with Crippen molar-refractivity contribution in [3.63, 3.8) is 0 Å². The lowest BCUT2D eigenvalue weighted by atomic mass is 10.2. The fourth-order valence-corrected chi connectivity index (χ4v) is 2.65. The summed E-state index contributed by atoms with van der Waals surface area (Å²) < 4.78 is 0. The van der Waals surface area contributed by atoms with Crippen LogP contribution in [0.25, 0.3) is 0 Å². The number of nitrogens with one attached hydrogen (secondary N) is 1. The molecule has 0 radical (unpaired) electrons. The average Bonchev–Trinajstić information content (AvgIpc) is 2.89. The Morgan fingerprint density at radius 2 is 2.15 bits per heavy atom. The van der Waals surface area contributed by atoms with E-state index in [4.69, 9.17) is 0 Å². The van der Waals surface area contributed by atoms with Crippen molar-refractivity contribution in [3.8, 4) is 0 Å². The van der Waals surface area contributed by atoms with Crippen molar-refractivity contribution in [2.24, 2.45) is 0 Å². The summed E-state index contributed by atoms with van der Waals surface area (Å²) in [7, 11) is 0. The molecule has 1 heterocycles. The third kappa shape index (κ3) is 3.14. The Morgan fingerprint density at radius 3 is 2.80 bits per heavy atom. The van der Waals surface area contributed by atoms with Crippen LogP contribution >= 0.6 is 11.3 Å². The quantitative estimate of drug-likeness (QED) is 0.920. The van der Waals surface area contributed by atoms with E-state index >= 15 is 0 Å². The summed E-state index contributed by atoms with van der Waals surface area (Å²) in [6.45, 7) is 7.30. The van der Waals surface area contributed by atoms with Gasteiger partial charge in [-0.2, -0.15) is 0 Å². The number of carbonyl (C=O) groups is 1. The van der Waals surface area contributed by atoms with Crippen molar-refractivity contribution in [1.82, 2.24) is 10.2 Å². The molecule has 0 atom stereocenters. The fourth-order valence-electron chi connectivity index (χ4n) is 1.89. The molecule has 1 aromatic carbocycles. The summed E-state index contributed by atoms with van der Waals surface area (Å²) in [5, 5.41) is 12.1. The highest BCUT2D eigenvalue weighted by atomic mass is 32.1. The molecule has 0 saturated carbocycles. The van der Waals surface area contributed by atoms with E-state index in [0.29, 0.717) is 16.7 Å². The molecule has 0 fully saturated rings. The Hall–Kier alpha value is -1.95. The number of carbonyl (C=O) groups excluding carboxylic acids is 1. The van der Waals surface area contributed by atoms with Crippen LogP contribution in [0, 0.1) is 6.92 Å². The van der Waals surface area contributed by atoms with E-state index in [1.165, 1.54) is 11.3 Å². The maximum Gasteiger partial charge on any atom is 0.289 e. The molecule has 5 nitrogen and oxygen atoms in total. The van der Waals surface area contributed by atoms with E-state index in [0.717, 1.165) is 17.8 Å². The molecule has 0 spiro atoms. The molecule has 1 aromatic heterocycles. The number of benzene rings is 1. The van der Waals surface area contributed by atoms with Crippen molar-refractivity contribution in [3.05, 3.63) is 34.8 Å². The SMILES string of the molecule is CCNc1nnc(C(=O)N(CC)c2cccc(C)c2)s1. The summed E-state index contributed by atoms with van der Waals surface area (Å²) in [6, 6.07) is 7.88. The van der Waals surface area contributed by atoms with Gasteiger partial charge in [0, 0.05) is 18.8 Å². The highest BCUT2D eigenvalue weighted by Crippen LogP contribution is 2.21. The molecule has 0 aliphatic heterocycles. The van der Waals surface area contributed by atoms with Gasteiger partial charge in [-0.1, -0.05) is 23.5 Å². The number of amides is 1. The predicted molar refractivity (Wildman–Crippen MR) is 82.6 cm³/mol. The summed E-state index contributed by atoms with van der Waals surface area (Å²) in [4.78, 5) is 14.2. The number of anilines is 2. The molecule has 2 rings (SSSR count). The van der Waals surface area contributed by atoms with Gasteiger partial charge in [0.05, 0.1) is 0 Å². The molecule has 1 N–H and O–H groups in total. The summed E-state index contributed by atoms with van der Waals surface area (Å²) in [5.74, 6) is -0.111. The lowest BCUT2D eigenvalue weighted by Crippen LogP contribution is -2.30. The van der Waals surface area contributed by atoms with Crippen LogP contribution in [0.15, 0.2) is 24.3 Å². The monoisotopic (exact) mass is 290 g/mol. The van der Waals surface area contributed by atoms with Crippen LogP contribution < -0.4 is 10.2 Å². The van der Waals surface area contributed by atoms with Gasteiger partial charge in [0.25, 0.3) is 5.91 Å². The minimum Gasteiger partial charge on any atom is -0.360 e. The molecule has 106 valence electrons. The summed E-state index contributed by atoms with van der Waals surface area (Å²) in [5.41, 5.74) is 2.01. The van der Waals surface area contributed by atoms with Crippen molar-refractivity contribution < 1.29 is 4.79 Å². The first-order valence-electron chi connectivity index (χ1n) is 6.61. The van der Waals surface area contributed by atoms with Gasteiger partial charge in [0.15, 0.2) is 0 Å². The van der Waals surface area contributed by atoms with Crippen LogP contribution in [0.1, 0.15) is 29.2 Å². The molecule has 20 heavy (non-hydrogen) atoms. The molecule has 6 heteroatoms. The minimum atomic E-state index is -0.111. The third-order valence-electron chi connectivity index (χ3n) is 2.81. The Morgan fingerprint density at radius 1 is 1.35 bits per heavy atom. The predicted octanol–water partition coefficient (Wildman–Crippen LogP) is 2.95. The lowest BCUT2D eigenvalue weighted by Gasteiger charge is -2.19. The summed E-state index contributed by atoms with van der Waals surface area (Å²) >= 11 is 1.28. The van der Waals surface area contributed by atoms with Gasteiger partial charge >= 0.3 is 0 Å². The van der Waals surface area contributed by atoms with E-state index in [1.807, 2.05) is 45.0 Å². The molecule has 0 aliphatic rings. The van der Waals surface area contributed by atoms with Gasteiger partial charge < -0.3 is 10.2 Å². The molecule has 0 aliphatic carbocycles. The van der Waals surface area contributed by atoms with E-state index in [2.05, 4.69) is 15.5 Å². The summed E-state index contributed by atoms with van der Waals surface area (Å²) in [6.07, 6.45) is 0. The van der Waals surface area contributed by atoms with Crippen LogP contribution in [0.3, 0.4) is 0 Å². The average molecular weight is 290 g/mol. The van der Waals surface area contributed by atoms with Gasteiger partial charge in [0.1, 0.15) is 0 Å². The van der Waals surface area contributed by atoms with Crippen molar-refractivity contribution in [2.75, 3.05) is 23.3 Å². The molecule has 0 unspecified atom stereocenters. The Kier molecular flexibility index (Phi) is 4.68. The number of rotatable bonds is 5. The first-order chi connectivity index (χ1) is 9.65. The first kappa shape index (κ1) is 14.5. The number of hydrogen-bond donors (Lipinski definition) is 1. The molecular formula is C14H18N4OS. The van der Waals surface area contributed by atoms with Crippen LogP contribution in [0.2, 0.25) is 0 Å².